The largest absolute Gasteiger partial charge is 0.494 e. The quantitative estimate of drug-likeness (QED) is 0.633. The lowest BCUT2D eigenvalue weighted by atomic mass is 10.1. The summed E-state index contributed by atoms with van der Waals surface area (Å²) < 4.78 is 32.2. The summed E-state index contributed by atoms with van der Waals surface area (Å²) in [5.74, 6) is 0.456. The molecule has 6 nitrogen and oxygen atoms in total. The molecule has 0 radical (unpaired) electrons. The second-order valence-electron chi connectivity index (χ2n) is 6.73. The lowest BCUT2D eigenvalue weighted by molar-refractivity contribution is 0.0939. The Morgan fingerprint density at radius 2 is 1.72 bits per heavy atom. The third kappa shape index (κ3) is 5.81. The van der Waals surface area contributed by atoms with Crippen LogP contribution in [0.1, 0.15) is 56.1 Å². The fourth-order valence-corrected chi connectivity index (χ4v) is 4.41. The Morgan fingerprint density at radius 3 is 2.31 bits per heavy atom. The van der Waals surface area contributed by atoms with Gasteiger partial charge in [-0.1, -0.05) is 39.0 Å². The zero-order valence-corrected chi connectivity index (χ0v) is 18.3. The Hall–Kier alpha value is -2.38. The van der Waals surface area contributed by atoms with Gasteiger partial charge in [0.25, 0.3) is 5.91 Å². The number of carbonyl (C=O) groups excluding carboxylic acids is 1. The Bertz CT molecular complexity index is 907. The second kappa shape index (κ2) is 10.4. The lowest BCUT2D eigenvalue weighted by Gasteiger charge is -2.19. The summed E-state index contributed by atoms with van der Waals surface area (Å²) in [6, 6.07) is 13.5. The van der Waals surface area contributed by atoms with Gasteiger partial charge in [-0.3, -0.25) is 4.79 Å². The number of amides is 1. The molecule has 0 aliphatic heterocycles. The zero-order valence-electron chi connectivity index (χ0n) is 17.5. The summed E-state index contributed by atoms with van der Waals surface area (Å²) >= 11 is 0. The maximum atomic E-state index is 12.6. The SMILES string of the molecule is CCCOc1cccc(C(=O)NC(C)c2ccc(S(=O)(=O)N(CC)CC)cc2)c1. The van der Waals surface area contributed by atoms with Crippen molar-refractivity contribution >= 4 is 15.9 Å². The van der Waals surface area contributed by atoms with Gasteiger partial charge in [0.15, 0.2) is 0 Å². The van der Waals surface area contributed by atoms with E-state index < -0.39 is 10.0 Å². The highest BCUT2D eigenvalue weighted by molar-refractivity contribution is 7.89. The number of nitrogens with one attached hydrogen (secondary N) is 1. The van der Waals surface area contributed by atoms with Crippen molar-refractivity contribution in [3.8, 4) is 5.75 Å². The molecule has 7 heteroatoms. The van der Waals surface area contributed by atoms with Gasteiger partial charge in [0.05, 0.1) is 17.5 Å². The topological polar surface area (TPSA) is 75.7 Å². The summed E-state index contributed by atoms with van der Waals surface area (Å²) in [6.07, 6.45) is 0.896. The summed E-state index contributed by atoms with van der Waals surface area (Å²) in [6.45, 7) is 8.97. The first-order chi connectivity index (χ1) is 13.8. The van der Waals surface area contributed by atoms with Crippen LogP contribution in [-0.2, 0) is 10.0 Å². The van der Waals surface area contributed by atoms with Crippen molar-refractivity contribution in [3.63, 3.8) is 0 Å². The molecule has 1 unspecified atom stereocenters. The molecular weight excluding hydrogens is 388 g/mol. The predicted molar refractivity (Wildman–Crippen MR) is 115 cm³/mol. The molecule has 0 fully saturated rings. The van der Waals surface area contributed by atoms with Gasteiger partial charge in [-0.25, -0.2) is 8.42 Å². The van der Waals surface area contributed by atoms with Gasteiger partial charge in [-0.15, -0.1) is 0 Å². The average Bonchev–Trinajstić information content (AvgIpc) is 2.73. The Labute approximate surface area is 173 Å². The van der Waals surface area contributed by atoms with E-state index >= 15 is 0 Å². The van der Waals surface area contributed by atoms with Gasteiger partial charge >= 0.3 is 0 Å². The maximum absolute atomic E-state index is 12.6. The maximum Gasteiger partial charge on any atom is 0.251 e. The van der Waals surface area contributed by atoms with Crippen molar-refractivity contribution < 1.29 is 17.9 Å². The molecule has 2 aromatic carbocycles. The number of hydrogen-bond acceptors (Lipinski definition) is 4. The van der Waals surface area contributed by atoms with Gasteiger partial charge < -0.3 is 10.1 Å². The van der Waals surface area contributed by atoms with E-state index in [4.69, 9.17) is 4.74 Å². The molecule has 0 bridgehead atoms. The van der Waals surface area contributed by atoms with E-state index in [2.05, 4.69) is 5.32 Å². The fourth-order valence-electron chi connectivity index (χ4n) is 2.95. The zero-order chi connectivity index (χ0) is 21.4. The van der Waals surface area contributed by atoms with E-state index in [1.165, 1.54) is 4.31 Å². The molecule has 0 aliphatic carbocycles. The van der Waals surface area contributed by atoms with Crippen LogP contribution in [0.15, 0.2) is 53.4 Å². The molecule has 1 atom stereocenters. The summed E-state index contributed by atoms with van der Waals surface area (Å²) in [4.78, 5) is 12.8. The van der Waals surface area contributed by atoms with Crippen molar-refractivity contribution in [1.82, 2.24) is 9.62 Å². The minimum absolute atomic E-state index is 0.209. The highest BCUT2D eigenvalue weighted by atomic mass is 32.2. The Morgan fingerprint density at radius 1 is 1.07 bits per heavy atom. The molecular formula is C22H30N2O4S. The van der Waals surface area contributed by atoms with Crippen LogP contribution in [0.25, 0.3) is 0 Å². The molecule has 0 aromatic heterocycles. The molecule has 0 spiro atoms. The number of rotatable bonds is 10. The molecule has 2 aromatic rings. The molecule has 0 heterocycles. The highest BCUT2D eigenvalue weighted by Crippen LogP contribution is 2.20. The average molecular weight is 419 g/mol. The van der Waals surface area contributed by atoms with Gasteiger partial charge in [0.2, 0.25) is 10.0 Å². The van der Waals surface area contributed by atoms with E-state index in [1.807, 2.05) is 33.8 Å². The van der Waals surface area contributed by atoms with Gasteiger partial charge in [0, 0.05) is 18.7 Å². The van der Waals surface area contributed by atoms with Crippen LogP contribution in [-0.4, -0.2) is 38.3 Å². The van der Waals surface area contributed by atoms with Crippen molar-refractivity contribution in [1.29, 1.82) is 0 Å². The van der Waals surface area contributed by atoms with E-state index in [9.17, 15) is 13.2 Å². The molecule has 29 heavy (non-hydrogen) atoms. The predicted octanol–water partition coefficient (Wildman–Crippen LogP) is 4.00. The van der Waals surface area contributed by atoms with E-state index in [0.29, 0.717) is 31.0 Å². The molecule has 1 amide bonds. The summed E-state index contributed by atoms with van der Waals surface area (Å²) in [5, 5.41) is 2.94. The molecule has 0 saturated heterocycles. The van der Waals surface area contributed by atoms with Crippen LogP contribution in [0.3, 0.4) is 0 Å². The number of benzene rings is 2. The number of carbonyl (C=O) groups is 1. The second-order valence-corrected chi connectivity index (χ2v) is 8.67. The van der Waals surface area contributed by atoms with Crippen LogP contribution in [0.5, 0.6) is 5.75 Å². The monoisotopic (exact) mass is 418 g/mol. The Kier molecular flexibility index (Phi) is 8.22. The molecule has 158 valence electrons. The van der Waals surface area contributed by atoms with E-state index in [0.717, 1.165) is 12.0 Å². The van der Waals surface area contributed by atoms with Crippen LogP contribution in [0.4, 0.5) is 0 Å². The first-order valence-corrected chi connectivity index (χ1v) is 11.4. The molecule has 0 aliphatic rings. The standard InChI is InChI=1S/C22H30N2O4S/c1-5-15-28-20-10-8-9-19(16-20)22(25)23-17(4)18-11-13-21(14-12-18)29(26,27)24(6-2)7-3/h8-14,16-17H,5-7,15H2,1-4H3,(H,23,25). The van der Waals surface area contributed by atoms with Crippen LogP contribution in [0.2, 0.25) is 0 Å². The molecule has 1 N–H and O–H groups in total. The van der Waals surface area contributed by atoms with Gasteiger partial charge in [-0.05, 0) is 49.2 Å². The van der Waals surface area contributed by atoms with Crippen LogP contribution < -0.4 is 10.1 Å². The first kappa shape index (κ1) is 22.9. The number of nitrogens with zero attached hydrogens (tertiary/aromatic N) is 1. The van der Waals surface area contributed by atoms with E-state index in [-0.39, 0.29) is 16.8 Å². The summed E-state index contributed by atoms with van der Waals surface area (Å²) in [7, 11) is -3.49. The first-order valence-electron chi connectivity index (χ1n) is 9.97. The number of sulfonamides is 1. The fraction of sp³-hybridized carbons (Fsp3) is 0.409. The lowest BCUT2D eigenvalue weighted by Crippen LogP contribution is -2.30. The highest BCUT2D eigenvalue weighted by Gasteiger charge is 2.21. The summed E-state index contributed by atoms with van der Waals surface area (Å²) in [5.41, 5.74) is 1.35. The van der Waals surface area contributed by atoms with Crippen LogP contribution in [0, 0.1) is 0 Å². The van der Waals surface area contributed by atoms with Crippen molar-refractivity contribution in [2.75, 3.05) is 19.7 Å². The van der Waals surface area contributed by atoms with Crippen molar-refractivity contribution in [2.45, 2.75) is 45.1 Å². The Balaban J connectivity index is 2.09. The number of ether oxygens (including phenoxy) is 1. The molecule has 2 rings (SSSR count). The molecule has 0 saturated carbocycles. The third-order valence-electron chi connectivity index (χ3n) is 4.64. The normalized spacial score (nSPS) is 12.6. The minimum atomic E-state index is -3.49. The van der Waals surface area contributed by atoms with E-state index in [1.54, 1.807) is 42.5 Å². The van der Waals surface area contributed by atoms with Crippen molar-refractivity contribution in [3.05, 3.63) is 59.7 Å². The van der Waals surface area contributed by atoms with Gasteiger partial charge in [0.1, 0.15) is 5.75 Å². The van der Waals surface area contributed by atoms with Crippen LogP contribution >= 0.6 is 0 Å². The minimum Gasteiger partial charge on any atom is -0.494 e. The smallest absolute Gasteiger partial charge is 0.251 e. The third-order valence-corrected chi connectivity index (χ3v) is 6.70. The number of hydrogen-bond donors (Lipinski definition) is 1. The van der Waals surface area contributed by atoms with Crippen molar-refractivity contribution in [2.24, 2.45) is 0 Å². The van der Waals surface area contributed by atoms with Gasteiger partial charge in [-0.2, -0.15) is 4.31 Å².